The molecule has 9 N–H and O–H groups in total. The van der Waals surface area contributed by atoms with Gasteiger partial charge in [-0.3, -0.25) is 0 Å². The van der Waals surface area contributed by atoms with E-state index in [1.54, 1.807) is 0 Å². The Hall–Kier alpha value is -0.430. The molecule has 0 unspecified atom stereocenters. The van der Waals surface area contributed by atoms with Crippen molar-refractivity contribution in [3.8, 4) is 0 Å². The zero-order chi connectivity index (χ0) is 16.0. The Labute approximate surface area is 139 Å². The number of nitrogens with one attached hydrogen (secondary N) is 1. The first-order valence-corrected chi connectivity index (χ1v) is 7.47. The number of aromatic nitrogens is 4. The molecule has 2 aromatic heterocycles. The van der Waals surface area contributed by atoms with Crippen LogP contribution in [0.3, 0.4) is 0 Å². The van der Waals surface area contributed by atoms with Crippen LogP contribution in [-0.4, -0.2) is 78.9 Å². The molecule has 0 aliphatic carbocycles. The second kappa shape index (κ2) is 9.56. The predicted molar refractivity (Wildman–Crippen MR) is 71.8 cm³/mol. The van der Waals surface area contributed by atoms with Crippen LogP contribution in [0.1, 0.15) is 0 Å². The molecule has 0 saturated heterocycles. The number of nitrogen functional groups attached to an aromatic ring is 1. The summed E-state index contributed by atoms with van der Waals surface area (Å²) >= 11 is 0. The number of rotatable bonds is 0. The first-order valence-electron chi connectivity index (χ1n) is 4.34. The Morgan fingerprint density at radius 2 is 1.38 bits per heavy atom. The number of aromatic amines is 1. The molecule has 16 heteroatoms. The zero-order valence-corrected chi connectivity index (χ0v) is 11.3. The van der Waals surface area contributed by atoms with Gasteiger partial charge < -0.3 is 40.1 Å². The van der Waals surface area contributed by atoms with Gasteiger partial charge in [0.05, 0.1) is 6.33 Å². The van der Waals surface area contributed by atoms with Crippen LogP contribution < -0.4 is 5.73 Å². The third-order valence-corrected chi connectivity index (χ3v) is 1.25. The molecule has 2 aromatic rings. The molecule has 0 amide bonds. The standard InChI is InChI=1S/C5H5N5.Na.2H3O4P.H/c6-4-3-5(9-1-7-3)10-2-8-4;;2*1-5(2,3)4;/h1-2H,(H3,6,7,8,9,10);;2*(H3,1,2,3,4);. The van der Waals surface area contributed by atoms with Gasteiger partial charge in [0.2, 0.25) is 0 Å². The van der Waals surface area contributed by atoms with Gasteiger partial charge in [0, 0.05) is 0 Å². The van der Waals surface area contributed by atoms with Crippen LogP contribution in [0.2, 0.25) is 0 Å². The number of phosphoric acid groups is 2. The Morgan fingerprint density at radius 3 is 1.76 bits per heavy atom. The van der Waals surface area contributed by atoms with Gasteiger partial charge in [-0.1, -0.05) is 0 Å². The summed E-state index contributed by atoms with van der Waals surface area (Å²) < 4.78 is 17.8. The number of hydrogen-bond donors (Lipinski definition) is 8. The number of hydrogen-bond acceptors (Lipinski definition) is 6. The van der Waals surface area contributed by atoms with Crippen LogP contribution in [0.15, 0.2) is 12.7 Å². The summed E-state index contributed by atoms with van der Waals surface area (Å²) in [5, 5.41) is 0. The molecule has 13 nitrogen and oxygen atoms in total. The van der Waals surface area contributed by atoms with E-state index in [0.717, 1.165) is 0 Å². The predicted octanol–water partition coefficient (Wildman–Crippen LogP) is -2.57. The SMILES string of the molecule is Nc1ncnc2[nH]cnc12.O=P(O)(O)O.O=P(O)(O)O.[NaH]. The fourth-order valence-electron chi connectivity index (χ4n) is 0.783. The Morgan fingerprint density at radius 1 is 0.952 bits per heavy atom. The van der Waals surface area contributed by atoms with Crippen LogP contribution in [0.25, 0.3) is 11.2 Å². The molecule has 0 atom stereocenters. The molecule has 0 bridgehead atoms. The minimum atomic E-state index is -4.64. The van der Waals surface area contributed by atoms with Crippen molar-refractivity contribution >= 4 is 62.2 Å². The Balaban J connectivity index is 0. The van der Waals surface area contributed by atoms with Crippen molar-refractivity contribution in [2.75, 3.05) is 5.73 Å². The first kappa shape index (κ1) is 22.8. The van der Waals surface area contributed by atoms with E-state index < -0.39 is 15.6 Å². The molecule has 0 aromatic carbocycles. The molecule has 0 aliphatic heterocycles. The number of anilines is 1. The van der Waals surface area contributed by atoms with E-state index in [2.05, 4.69) is 19.9 Å². The third kappa shape index (κ3) is 15.8. The van der Waals surface area contributed by atoms with E-state index in [-0.39, 0.29) is 29.6 Å². The molecule has 0 fully saturated rings. The van der Waals surface area contributed by atoms with Crippen molar-refractivity contribution in [2.24, 2.45) is 0 Å². The summed E-state index contributed by atoms with van der Waals surface area (Å²) in [4.78, 5) is 57.5. The van der Waals surface area contributed by atoms with Crippen LogP contribution in [-0.2, 0) is 9.13 Å². The first-order chi connectivity index (χ1) is 8.88. The van der Waals surface area contributed by atoms with Crippen molar-refractivity contribution in [1.29, 1.82) is 0 Å². The molecule has 0 aliphatic rings. The topological polar surface area (TPSA) is 236 Å². The minimum absolute atomic E-state index is 0. The van der Waals surface area contributed by atoms with Crippen molar-refractivity contribution in [3.05, 3.63) is 12.7 Å². The van der Waals surface area contributed by atoms with E-state index in [9.17, 15) is 0 Å². The van der Waals surface area contributed by atoms with Crippen LogP contribution >= 0.6 is 15.6 Å². The van der Waals surface area contributed by atoms with E-state index >= 15 is 0 Å². The van der Waals surface area contributed by atoms with Crippen molar-refractivity contribution in [3.63, 3.8) is 0 Å². The van der Waals surface area contributed by atoms with Crippen LogP contribution in [0.5, 0.6) is 0 Å². The molecule has 0 spiro atoms. The maximum absolute atomic E-state index is 8.88. The summed E-state index contributed by atoms with van der Waals surface area (Å²) in [5.74, 6) is 0.409. The van der Waals surface area contributed by atoms with E-state index in [4.69, 9.17) is 44.2 Å². The zero-order valence-electron chi connectivity index (χ0n) is 9.47. The van der Waals surface area contributed by atoms with Gasteiger partial charge in [-0.25, -0.2) is 24.1 Å². The average molecular weight is 355 g/mol. The number of nitrogens with two attached hydrogens (primary N) is 1. The number of nitrogens with zero attached hydrogens (tertiary/aromatic N) is 3. The molecule has 0 radical (unpaired) electrons. The van der Waals surface area contributed by atoms with Crippen molar-refractivity contribution in [2.45, 2.75) is 0 Å². The fraction of sp³-hybridized carbons (Fsp3) is 0. The number of H-pyrrole nitrogens is 1. The van der Waals surface area contributed by atoms with Crippen LogP contribution in [0.4, 0.5) is 5.82 Å². The van der Waals surface area contributed by atoms with E-state index in [1.807, 2.05) is 0 Å². The van der Waals surface area contributed by atoms with E-state index in [0.29, 0.717) is 17.0 Å². The Bertz CT molecular complexity index is 602. The second-order valence-electron chi connectivity index (χ2n) is 2.89. The van der Waals surface area contributed by atoms with Gasteiger partial charge in [-0.05, 0) is 0 Å². The van der Waals surface area contributed by atoms with Crippen molar-refractivity contribution in [1.82, 2.24) is 19.9 Å². The Kier molecular flexibility index (Phi) is 10.4. The average Bonchev–Trinajstić information content (AvgIpc) is 2.61. The molecule has 0 saturated carbocycles. The van der Waals surface area contributed by atoms with Gasteiger partial charge in [0.1, 0.15) is 11.8 Å². The van der Waals surface area contributed by atoms with Gasteiger partial charge in [-0.15, -0.1) is 0 Å². The maximum atomic E-state index is 8.88. The van der Waals surface area contributed by atoms with Gasteiger partial charge >= 0.3 is 45.2 Å². The van der Waals surface area contributed by atoms with Crippen LogP contribution in [0, 0.1) is 0 Å². The van der Waals surface area contributed by atoms with E-state index in [1.165, 1.54) is 12.7 Å². The number of imidazole rings is 1. The summed E-state index contributed by atoms with van der Waals surface area (Å²) in [5.41, 5.74) is 6.77. The fourth-order valence-corrected chi connectivity index (χ4v) is 0.783. The summed E-state index contributed by atoms with van der Waals surface area (Å²) in [6.07, 6.45) is 2.94. The third-order valence-electron chi connectivity index (χ3n) is 1.25. The van der Waals surface area contributed by atoms with Gasteiger partial charge in [0.25, 0.3) is 0 Å². The number of fused-ring (bicyclic) bond motifs is 1. The molecular weight excluding hydrogens is 343 g/mol. The molecule has 2 heterocycles. The summed E-state index contributed by atoms with van der Waals surface area (Å²) in [7, 11) is -9.28. The summed E-state index contributed by atoms with van der Waals surface area (Å²) in [6.45, 7) is 0. The van der Waals surface area contributed by atoms with Gasteiger partial charge in [0.15, 0.2) is 11.5 Å². The molecule has 21 heavy (non-hydrogen) atoms. The quantitative estimate of drug-likeness (QED) is 0.180. The van der Waals surface area contributed by atoms with Crippen molar-refractivity contribution < 1.29 is 38.5 Å². The second-order valence-corrected chi connectivity index (χ2v) is 4.94. The normalized spacial score (nSPS) is 10.6. The summed E-state index contributed by atoms with van der Waals surface area (Å²) in [6, 6.07) is 0. The molecule has 116 valence electrons. The molecular formula is C5H12N5NaO8P2. The monoisotopic (exact) mass is 355 g/mol. The van der Waals surface area contributed by atoms with Gasteiger partial charge in [-0.2, -0.15) is 0 Å². The molecule has 2 rings (SSSR count).